The first-order valence-electron chi connectivity index (χ1n) is 8.58. The molecular formula is C20H25N3O2. The number of hydrogen-bond acceptors (Lipinski definition) is 2. The second kappa shape index (κ2) is 8.87. The molecule has 0 aliphatic carbocycles. The smallest absolute Gasteiger partial charge is 0.319 e. The largest absolute Gasteiger partial charge is 0.352 e. The summed E-state index contributed by atoms with van der Waals surface area (Å²) in [4.78, 5) is 23.9. The van der Waals surface area contributed by atoms with Crippen molar-refractivity contribution < 1.29 is 9.59 Å². The minimum absolute atomic E-state index is 0.0967. The molecule has 0 saturated heterocycles. The second-order valence-electron chi connectivity index (χ2n) is 5.85. The molecule has 2 aromatic carbocycles. The van der Waals surface area contributed by atoms with Crippen LogP contribution in [0.15, 0.2) is 48.5 Å². The third-order valence-electron chi connectivity index (χ3n) is 3.98. The third-order valence-corrected chi connectivity index (χ3v) is 3.98. The highest BCUT2D eigenvalue weighted by atomic mass is 16.2. The van der Waals surface area contributed by atoms with Gasteiger partial charge in [-0.15, -0.1) is 0 Å². The molecule has 5 nitrogen and oxygen atoms in total. The van der Waals surface area contributed by atoms with E-state index in [-0.39, 0.29) is 18.0 Å². The molecule has 3 N–H and O–H groups in total. The fraction of sp³-hybridized carbons (Fsp3) is 0.300. The van der Waals surface area contributed by atoms with Gasteiger partial charge in [-0.2, -0.15) is 0 Å². The summed E-state index contributed by atoms with van der Waals surface area (Å²) in [5.41, 5.74) is 3.53. The molecule has 0 fully saturated rings. The highest BCUT2D eigenvalue weighted by molar-refractivity contribution is 5.95. The molecule has 2 rings (SSSR count). The van der Waals surface area contributed by atoms with Crippen LogP contribution in [-0.4, -0.2) is 18.5 Å². The predicted octanol–water partition coefficient (Wildman–Crippen LogP) is 3.88. The average molecular weight is 339 g/mol. The van der Waals surface area contributed by atoms with E-state index in [0.29, 0.717) is 17.8 Å². The minimum Gasteiger partial charge on any atom is -0.352 e. The number of carbonyl (C=O) groups is 2. The van der Waals surface area contributed by atoms with Crippen molar-refractivity contribution in [3.8, 4) is 0 Å². The molecule has 132 valence electrons. The van der Waals surface area contributed by atoms with Crippen LogP contribution in [0.2, 0.25) is 0 Å². The molecule has 0 aliphatic heterocycles. The molecule has 1 unspecified atom stereocenters. The monoisotopic (exact) mass is 339 g/mol. The number of aryl methyl sites for hydroxylation is 1. The van der Waals surface area contributed by atoms with Gasteiger partial charge in [0.1, 0.15) is 0 Å². The lowest BCUT2D eigenvalue weighted by Crippen LogP contribution is -2.31. The van der Waals surface area contributed by atoms with Gasteiger partial charge in [0.25, 0.3) is 5.91 Å². The standard InChI is InChI=1S/C20H25N3O2/c1-4-15-6-8-16(9-7-15)14(3)22-20(25)23-18-12-10-17(11-13-18)19(24)21-5-2/h6-14H,4-5H2,1-3H3,(H,21,24)(H2,22,23,25). The van der Waals surface area contributed by atoms with Gasteiger partial charge in [-0.05, 0) is 55.7 Å². The Labute approximate surface area is 148 Å². The van der Waals surface area contributed by atoms with Crippen LogP contribution >= 0.6 is 0 Å². The lowest BCUT2D eigenvalue weighted by molar-refractivity contribution is 0.0956. The highest BCUT2D eigenvalue weighted by Gasteiger charge is 2.10. The van der Waals surface area contributed by atoms with E-state index in [4.69, 9.17) is 0 Å². The topological polar surface area (TPSA) is 70.2 Å². The van der Waals surface area contributed by atoms with Gasteiger partial charge >= 0.3 is 6.03 Å². The van der Waals surface area contributed by atoms with E-state index in [1.165, 1.54) is 5.56 Å². The summed E-state index contributed by atoms with van der Waals surface area (Å²) >= 11 is 0. The Balaban J connectivity index is 1.91. The van der Waals surface area contributed by atoms with Crippen LogP contribution in [0.3, 0.4) is 0 Å². The molecule has 0 saturated carbocycles. The minimum atomic E-state index is -0.280. The van der Waals surface area contributed by atoms with E-state index in [0.717, 1.165) is 12.0 Å². The van der Waals surface area contributed by atoms with Crippen LogP contribution in [0.5, 0.6) is 0 Å². The summed E-state index contributed by atoms with van der Waals surface area (Å²) in [6.07, 6.45) is 0.995. The summed E-state index contributed by atoms with van der Waals surface area (Å²) in [6.45, 7) is 6.51. The van der Waals surface area contributed by atoms with Crippen LogP contribution in [0, 0.1) is 0 Å². The molecule has 0 heterocycles. The molecule has 0 aliphatic rings. The summed E-state index contributed by atoms with van der Waals surface area (Å²) in [5.74, 6) is -0.123. The second-order valence-corrected chi connectivity index (χ2v) is 5.85. The van der Waals surface area contributed by atoms with Crippen molar-refractivity contribution in [2.45, 2.75) is 33.2 Å². The molecule has 0 bridgehead atoms. The Kier molecular flexibility index (Phi) is 6.57. The molecular weight excluding hydrogens is 314 g/mol. The first kappa shape index (κ1) is 18.5. The number of nitrogens with one attached hydrogen (secondary N) is 3. The summed E-state index contributed by atoms with van der Waals surface area (Å²) in [6, 6.07) is 14.6. The quantitative estimate of drug-likeness (QED) is 0.747. The number of amides is 3. The van der Waals surface area contributed by atoms with Crippen LogP contribution in [-0.2, 0) is 6.42 Å². The van der Waals surface area contributed by atoms with Crippen molar-refractivity contribution >= 4 is 17.6 Å². The van der Waals surface area contributed by atoms with Gasteiger partial charge in [0.15, 0.2) is 0 Å². The Morgan fingerprint density at radius 1 is 0.960 bits per heavy atom. The molecule has 0 radical (unpaired) electrons. The van der Waals surface area contributed by atoms with Gasteiger partial charge in [0.05, 0.1) is 6.04 Å². The Bertz CT molecular complexity index is 709. The van der Waals surface area contributed by atoms with E-state index >= 15 is 0 Å². The number of anilines is 1. The number of rotatable bonds is 6. The first-order chi connectivity index (χ1) is 12.0. The lowest BCUT2D eigenvalue weighted by Gasteiger charge is -2.15. The van der Waals surface area contributed by atoms with E-state index in [1.807, 2.05) is 26.0 Å². The van der Waals surface area contributed by atoms with Crippen LogP contribution in [0.4, 0.5) is 10.5 Å². The zero-order valence-corrected chi connectivity index (χ0v) is 14.9. The van der Waals surface area contributed by atoms with E-state index < -0.39 is 0 Å². The maximum atomic E-state index is 12.1. The number of hydrogen-bond donors (Lipinski definition) is 3. The third kappa shape index (κ3) is 5.35. The maximum Gasteiger partial charge on any atom is 0.319 e. The fourth-order valence-corrected chi connectivity index (χ4v) is 2.46. The van der Waals surface area contributed by atoms with E-state index in [1.54, 1.807) is 24.3 Å². The van der Waals surface area contributed by atoms with Crippen LogP contribution in [0.25, 0.3) is 0 Å². The van der Waals surface area contributed by atoms with Crippen molar-refractivity contribution in [1.82, 2.24) is 10.6 Å². The molecule has 0 aromatic heterocycles. The van der Waals surface area contributed by atoms with Gasteiger partial charge in [-0.3, -0.25) is 4.79 Å². The van der Waals surface area contributed by atoms with Crippen LogP contribution in [0.1, 0.15) is 48.3 Å². The molecule has 3 amide bonds. The summed E-state index contributed by atoms with van der Waals surface area (Å²) in [5, 5.41) is 8.43. The first-order valence-corrected chi connectivity index (χ1v) is 8.58. The van der Waals surface area contributed by atoms with Crippen molar-refractivity contribution in [1.29, 1.82) is 0 Å². The van der Waals surface area contributed by atoms with Crippen LogP contribution < -0.4 is 16.0 Å². The van der Waals surface area contributed by atoms with Gasteiger partial charge < -0.3 is 16.0 Å². The highest BCUT2D eigenvalue weighted by Crippen LogP contribution is 2.15. The normalized spacial score (nSPS) is 11.5. The number of urea groups is 1. The molecule has 5 heteroatoms. The summed E-state index contributed by atoms with van der Waals surface area (Å²) < 4.78 is 0. The number of benzene rings is 2. The van der Waals surface area contributed by atoms with Gasteiger partial charge in [-0.1, -0.05) is 31.2 Å². The molecule has 2 aromatic rings. The fourth-order valence-electron chi connectivity index (χ4n) is 2.46. The Hall–Kier alpha value is -2.82. The molecule has 25 heavy (non-hydrogen) atoms. The van der Waals surface area contributed by atoms with Crippen molar-refractivity contribution in [2.75, 3.05) is 11.9 Å². The Morgan fingerprint density at radius 2 is 1.60 bits per heavy atom. The number of carbonyl (C=O) groups excluding carboxylic acids is 2. The summed E-state index contributed by atoms with van der Waals surface area (Å²) in [7, 11) is 0. The zero-order chi connectivity index (χ0) is 18.2. The van der Waals surface area contributed by atoms with Gasteiger partial charge in [0, 0.05) is 17.8 Å². The van der Waals surface area contributed by atoms with E-state index in [9.17, 15) is 9.59 Å². The van der Waals surface area contributed by atoms with Gasteiger partial charge in [0.2, 0.25) is 0 Å². The van der Waals surface area contributed by atoms with Crippen molar-refractivity contribution in [3.63, 3.8) is 0 Å². The maximum absolute atomic E-state index is 12.1. The predicted molar refractivity (Wildman–Crippen MR) is 101 cm³/mol. The van der Waals surface area contributed by atoms with E-state index in [2.05, 4.69) is 35.0 Å². The molecule has 0 spiro atoms. The molecule has 1 atom stereocenters. The average Bonchev–Trinajstić information content (AvgIpc) is 2.62. The van der Waals surface area contributed by atoms with Crippen molar-refractivity contribution in [2.24, 2.45) is 0 Å². The lowest BCUT2D eigenvalue weighted by atomic mass is 10.1. The Morgan fingerprint density at radius 3 is 2.16 bits per heavy atom. The zero-order valence-electron chi connectivity index (χ0n) is 14.9. The SMILES string of the molecule is CCNC(=O)c1ccc(NC(=O)NC(C)c2ccc(CC)cc2)cc1. The van der Waals surface area contributed by atoms with Gasteiger partial charge in [-0.25, -0.2) is 4.79 Å². The van der Waals surface area contributed by atoms with Crippen molar-refractivity contribution in [3.05, 3.63) is 65.2 Å².